The van der Waals surface area contributed by atoms with Crippen LogP contribution < -0.4 is 44.2 Å². The molecule has 738 valence electrons. The fourth-order valence-electron chi connectivity index (χ4n) is 20.8. The van der Waals surface area contributed by atoms with Gasteiger partial charge in [-0.05, 0) is 198 Å². The quantitative estimate of drug-likeness (QED) is 0.0272. The van der Waals surface area contributed by atoms with Crippen molar-refractivity contribution in [3.05, 3.63) is 264 Å². The lowest BCUT2D eigenvalue weighted by atomic mass is 9.76. The summed E-state index contributed by atoms with van der Waals surface area (Å²) in [5.74, 6) is 2.46. The lowest BCUT2D eigenvalue weighted by Gasteiger charge is -2.33. The van der Waals surface area contributed by atoms with Gasteiger partial charge in [-0.3, -0.25) is 14.4 Å². The van der Waals surface area contributed by atoms with Crippen molar-refractivity contribution in [1.82, 2.24) is 0 Å². The molecule has 6 heterocycles. The van der Waals surface area contributed by atoms with E-state index >= 15 is 0 Å². The fourth-order valence-corrected chi connectivity index (χ4v) is 20.8. The molecule has 0 saturated heterocycles. The topological polar surface area (TPSA) is 167 Å². The van der Waals surface area contributed by atoms with Crippen LogP contribution >= 0.6 is 0 Å². The zero-order valence-corrected chi connectivity index (χ0v) is 85.1. The molecule has 0 saturated carbocycles. The van der Waals surface area contributed by atoms with E-state index in [1.807, 2.05) is 96.7 Å². The van der Waals surface area contributed by atoms with Crippen LogP contribution in [0.25, 0.3) is 0 Å². The first kappa shape index (κ1) is 104. The summed E-state index contributed by atoms with van der Waals surface area (Å²) in [7, 11) is 4.92. The van der Waals surface area contributed by atoms with Crippen molar-refractivity contribution in [3.8, 4) is 17.2 Å². The molecule has 0 N–H and O–H groups in total. The van der Waals surface area contributed by atoms with E-state index in [1.54, 1.807) is 77.7 Å². The summed E-state index contributed by atoms with van der Waals surface area (Å²) in [6, 6.07) is 29.7. The largest absolute Gasteiger partial charge is 0.871 e. The van der Waals surface area contributed by atoms with E-state index in [0.717, 1.165) is 138 Å². The zero-order chi connectivity index (χ0) is 102. The van der Waals surface area contributed by atoms with Crippen molar-refractivity contribution in [1.29, 1.82) is 0 Å². The van der Waals surface area contributed by atoms with Crippen molar-refractivity contribution in [2.45, 2.75) is 256 Å². The van der Waals surface area contributed by atoms with Gasteiger partial charge in [0.25, 0.3) is 0 Å². The van der Waals surface area contributed by atoms with Crippen LogP contribution in [0, 0.1) is 35.5 Å². The van der Waals surface area contributed by atoms with Gasteiger partial charge in [-0.15, -0.1) is 0 Å². The normalized spacial score (nSPS) is 20.4. The highest BCUT2D eigenvalue weighted by atomic mass is 19.4. The lowest BCUT2D eigenvalue weighted by molar-refractivity contribution is -0.439. The second-order valence-corrected chi connectivity index (χ2v) is 43.6. The number of nitrogens with zero attached hydrogens (tertiary/aromatic N) is 6. The smallest absolute Gasteiger partial charge is 0.416 e. The molecule has 0 atom stereocenters. The number of ether oxygens (including phenoxy) is 3. The van der Waals surface area contributed by atoms with Gasteiger partial charge < -0.3 is 44.2 Å². The second-order valence-electron chi connectivity index (χ2n) is 43.6. The average Bonchev–Trinajstić information content (AvgIpc) is 1.55. The van der Waals surface area contributed by atoms with E-state index in [4.69, 9.17) is 14.2 Å². The molecule has 0 spiro atoms. The number of allylic oxidation sites excluding steroid dienone is 15. The maximum atomic E-state index is 14.2. The van der Waals surface area contributed by atoms with Crippen LogP contribution in [-0.2, 0) is 65.4 Å². The van der Waals surface area contributed by atoms with Gasteiger partial charge in [0, 0.05) is 170 Å². The molecule has 6 aromatic rings. The number of halogens is 9. The number of ketones is 3. The molecule has 15 nitrogen and oxygen atoms in total. The molecular formula is C114H135F9N6O9. The predicted molar refractivity (Wildman–Crippen MR) is 524 cm³/mol. The minimum Gasteiger partial charge on any atom is -0.871 e. The van der Waals surface area contributed by atoms with Crippen LogP contribution in [0.2, 0.25) is 0 Å². The van der Waals surface area contributed by atoms with Crippen molar-refractivity contribution < 1.29 is 97.2 Å². The first-order chi connectivity index (χ1) is 64.2. The molecule has 6 aromatic carbocycles. The average molecular weight is 1900 g/mol. The third-order valence-corrected chi connectivity index (χ3v) is 29.1. The van der Waals surface area contributed by atoms with E-state index in [2.05, 4.69) is 139 Å². The van der Waals surface area contributed by atoms with Crippen molar-refractivity contribution in [2.24, 2.45) is 35.5 Å². The Hall–Kier alpha value is -11.4. The molecule has 0 bridgehead atoms. The van der Waals surface area contributed by atoms with Crippen molar-refractivity contribution in [3.63, 3.8) is 0 Å². The molecule has 138 heavy (non-hydrogen) atoms. The SMILES string of the molecule is COc1ccc2c(c1)C(C)(C)C(C=C1C(=O)C(C=C3N(CCC(C)C)c4ccc(C(F)(F)F)cc4C3(C)C)=C1[O-])=[N+]2CCC(C)C.COc1cccc2c1C(C)(C)/C(=C/C1=C([O-])C(=CC3=[N+](CCC(C)C)c4cccc(C(F)(F)F)c4C3(C)C)C1=O)N2CCC(C)C.COc1cccc2c1C(C)(C)C(C=C1C(=O)C(C=C3N(CCC(C)C)c4ccc(C(F)(F)F)cc4C3(C)C)=C1[O-])=[N+]2CCC(C)C. The summed E-state index contributed by atoms with van der Waals surface area (Å²) in [4.78, 5) is 47.5. The summed E-state index contributed by atoms with van der Waals surface area (Å²) >= 11 is 0. The maximum Gasteiger partial charge on any atom is 0.416 e. The van der Waals surface area contributed by atoms with Crippen LogP contribution in [0.5, 0.6) is 17.2 Å². The monoisotopic (exact) mass is 1900 g/mol. The number of benzene rings is 6. The van der Waals surface area contributed by atoms with Crippen molar-refractivity contribution in [2.75, 3.05) is 75.3 Å². The highest BCUT2D eigenvalue weighted by Gasteiger charge is 2.55. The minimum absolute atomic E-state index is 0.00506. The van der Waals surface area contributed by atoms with Crippen LogP contribution in [0.3, 0.4) is 0 Å². The van der Waals surface area contributed by atoms with Gasteiger partial charge in [0.15, 0.2) is 34.5 Å². The van der Waals surface area contributed by atoms with E-state index in [0.29, 0.717) is 107 Å². The third kappa shape index (κ3) is 19.1. The molecule has 0 fully saturated rings. The number of fused-ring (bicyclic) bond motifs is 6. The van der Waals surface area contributed by atoms with E-state index < -0.39 is 67.7 Å². The molecule has 0 aromatic heterocycles. The van der Waals surface area contributed by atoms with Gasteiger partial charge in [0.2, 0.25) is 17.1 Å². The number of alkyl halides is 9. The minimum atomic E-state index is -4.54. The number of hydrogen-bond donors (Lipinski definition) is 0. The van der Waals surface area contributed by atoms with Gasteiger partial charge in [-0.25, -0.2) is 0 Å². The Labute approximate surface area is 808 Å². The van der Waals surface area contributed by atoms with Gasteiger partial charge in [-0.2, -0.15) is 53.2 Å². The maximum absolute atomic E-state index is 14.2. The van der Waals surface area contributed by atoms with Gasteiger partial charge in [-0.1, -0.05) is 160 Å². The first-order valence-electron chi connectivity index (χ1n) is 48.4. The standard InChI is InChI=1S/3C38H45F3N2O3/c1-22(2)14-16-42-30-12-10-24(38(39,40)41)18-28(30)36(5,6)32(42)20-26-34(44)27(35(26)45)21-33-37(7,8)29-19-25(46-9)11-13-31(29)43(33)17-15-23(3)4;1-22(2)16-18-42-27-13-10-12-26(38(39,40)41)32(27)36(5,6)30(42)20-24-34(44)25(35(24)45)21-31-37(7,8)33-28(14-11-15-29(33)46-9)43(31)19-17-23(3)4;1-22(2)15-17-42-28-14-13-24(38(39,40)41)19-27(28)36(5,6)31(42)20-25-34(44)26(35(25)45)21-32-37(7,8)33-29(11-10-12-30(33)46-9)43(32)18-16-23(3)4/h10-13,18-23H,14-17H2,1-9H3;10-15,20-23H,16-19H2,1-9H3;10-14,19-23H,15-18H2,1-9H3. The molecule has 0 amide bonds. The Morgan fingerprint density at radius 3 is 1.04 bits per heavy atom. The third-order valence-electron chi connectivity index (χ3n) is 29.1. The number of methoxy groups -OCH3 is 3. The Kier molecular flexibility index (Phi) is 28.8. The number of anilines is 3. The Balaban J connectivity index is 0.000000175. The Morgan fingerprint density at radius 1 is 0.341 bits per heavy atom. The van der Waals surface area contributed by atoms with Crippen LogP contribution in [0.1, 0.15) is 255 Å². The van der Waals surface area contributed by atoms with E-state index in [-0.39, 0.29) is 73.6 Å². The summed E-state index contributed by atoms with van der Waals surface area (Å²) in [5, 5.41) is 41.3. The van der Waals surface area contributed by atoms with E-state index in [9.17, 15) is 69.2 Å². The molecule has 0 unspecified atom stereocenters. The van der Waals surface area contributed by atoms with Gasteiger partial charge in [0.05, 0.1) is 65.4 Å². The van der Waals surface area contributed by atoms with Gasteiger partial charge in [0.1, 0.15) is 36.9 Å². The molecule has 3 aliphatic carbocycles. The molecule has 15 rings (SSSR count). The zero-order valence-electron chi connectivity index (χ0n) is 85.1. The van der Waals surface area contributed by atoms with Gasteiger partial charge >= 0.3 is 18.5 Å². The lowest BCUT2D eigenvalue weighted by Crippen LogP contribution is -2.35. The summed E-state index contributed by atoms with van der Waals surface area (Å²) < 4.78 is 148. The number of hydrogen-bond acceptors (Lipinski definition) is 12. The highest BCUT2D eigenvalue weighted by molar-refractivity contribution is 6.26. The number of carbonyl (C=O) groups excluding carboxylic acids is 3. The molecule has 0 radical (unpaired) electrons. The predicted octanol–water partition coefficient (Wildman–Crippen LogP) is 24.0. The number of carbonyl (C=O) groups is 3. The first-order valence-corrected chi connectivity index (χ1v) is 48.4. The van der Waals surface area contributed by atoms with Crippen LogP contribution in [0.4, 0.5) is 73.6 Å². The summed E-state index contributed by atoms with van der Waals surface area (Å²) in [6.07, 6.45) is 1.57. The molecule has 6 aliphatic heterocycles. The Bertz CT molecular complexity index is 6300. The molecule has 24 heteroatoms. The Morgan fingerprint density at radius 2 is 0.681 bits per heavy atom. The summed E-state index contributed by atoms with van der Waals surface area (Å²) in [5.41, 5.74) is 7.63. The fraction of sp³-hybridized carbons (Fsp3) is 0.474. The second kappa shape index (κ2) is 38.3. The van der Waals surface area contributed by atoms with Crippen molar-refractivity contribution >= 4 is 68.6 Å². The van der Waals surface area contributed by atoms with Crippen LogP contribution in [-0.4, -0.2) is 109 Å². The molecular weight excluding hydrogens is 1770 g/mol. The molecule has 9 aliphatic rings. The van der Waals surface area contributed by atoms with E-state index in [1.165, 1.54) is 30.3 Å². The summed E-state index contributed by atoms with van der Waals surface area (Å²) in [6.45, 7) is 52.6. The number of Topliss-reactive ketones (excluding diaryl/α,β-unsaturated/α-hetero) is 3. The van der Waals surface area contributed by atoms with Crippen LogP contribution in [0.15, 0.2) is 213 Å². The highest BCUT2D eigenvalue weighted by Crippen LogP contribution is 2.58. The number of rotatable bonds is 27.